The van der Waals surface area contributed by atoms with Gasteiger partial charge >= 0.3 is 5.97 Å². The van der Waals surface area contributed by atoms with Crippen molar-refractivity contribution in [1.82, 2.24) is 9.97 Å². The first-order valence-corrected chi connectivity index (χ1v) is 6.02. The number of para-hydroxylation sites is 1. The van der Waals surface area contributed by atoms with Crippen LogP contribution in [0.3, 0.4) is 0 Å². The molecule has 5 heteroatoms. The molecule has 5 nitrogen and oxygen atoms in total. The van der Waals surface area contributed by atoms with Gasteiger partial charge in [0.2, 0.25) is 0 Å². The van der Waals surface area contributed by atoms with Crippen LogP contribution in [-0.4, -0.2) is 28.1 Å². The lowest BCUT2D eigenvalue weighted by atomic mass is 10.3. The van der Waals surface area contributed by atoms with Gasteiger partial charge in [0.15, 0.2) is 5.69 Å². The van der Waals surface area contributed by atoms with Crippen LogP contribution in [-0.2, 0) is 6.42 Å². The summed E-state index contributed by atoms with van der Waals surface area (Å²) in [4.78, 5) is 21.3. The quantitative estimate of drug-likeness (QED) is 0.911. The summed E-state index contributed by atoms with van der Waals surface area (Å²) in [7, 11) is 1.85. The molecule has 0 saturated heterocycles. The van der Waals surface area contributed by atoms with Crippen molar-refractivity contribution in [1.29, 1.82) is 0 Å². The molecule has 0 radical (unpaired) electrons. The average Bonchev–Trinajstić information content (AvgIpc) is 2.46. The summed E-state index contributed by atoms with van der Waals surface area (Å²) < 4.78 is 0. The van der Waals surface area contributed by atoms with Crippen molar-refractivity contribution in [2.24, 2.45) is 0 Å². The molecule has 0 fully saturated rings. The maximum Gasteiger partial charge on any atom is 0.354 e. The molecule has 1 heterocycles. The predicted molar refractivity (Wildman–Crippen MR) is 72.9 cm³/mol. The first kappa shape index (κ1) is 13.0. The van der Waals surface area contributed by atoms with Crippen LogP contribution in [0, 0.1) is 0 Å². The number of nitrogens with zero attached hydrogens (tertiary/aromatic N) is 3. The summed E-state index contributed by atoms with van der Waals surface area (Å²) in [6.45, 7) is 1.90. The van der Waals surface area contributed by atoms with Crippen LogP contribution in [0.5, 0.6) is 0 Å². The van der Waals surface area contributed by atoms with Crippen molar-refractivity contribution >= 4 is 17.5 Å². The Bertz CT molecular complexity index is 584. The molecule has 19 heavy (non-hydrogen) atoms. The second-order valence-corrected chi connectivity index (χ2v) is 4.08. The van der Waals surface area contributed by atoms with Crippen molar-refractivity contribution < 1.29 is 9.90 Å². The number of rotatable bonds is 4. The summed E-state index contributed by atoms with van der Waals surface area (Å²) in [6, 6.07) is 11.1. The number of hydrogen-bond acceptors (Lipinski definition) is 4. The molecule has 0 saturated carbocycles. The number of carbonyl (C=O) groups is 1. The van der Waals surface area contributed by atoms with Crippen molar-refractivity contribution in [2.75, 3.05) is 11.9 Å². The van der Waals surface area contributed by atoms with Crippen LogP contribution in [0.25, 0.3) is 0 Å². The molecule has 0 atom stereocenters. The highest BCUT2D eigenvalue weighted by atomic mass is 16.4. The van der Waals surface area contributed by atoms with E-state index in [0.717, 1.165) is 5.69 Å². The van der Waals surface area contributed by atoms with E-state index in [2.05, 4.69) is 9.97 Å². The Labute approximate surface area is 111 Å². The molecule has 2 rings (SSSR count). The van der Waals surface area contributed by atoms with Crippen LogP contribution in [0.4, 0.5) is 11.5 Å². The van der Waals surface area contributed by atoms with Gasteiger partial charge in [-0.2, -0.15) is 0 Å². The number of aromatic carboxylic acids is 1. The Hall–Kier alpha value is -2.43. The zero-order valence-corrected chi connectivity index (χ0v) is 10.9. The lowest BCUT2D eigenvalue weighted by Crippen LogP contribution is -2.15. The van der Waals surface area contributed by atoms with Crippen LogP contribution in [0.1, 0.15) is 23.2 Å². The zero-order chi connectivity index (χ0) is 13.8. The van der Waals surface area contributed by atoms with Gasteiger partial charge in [-0.05, 0) is 12.1 Å². The maximum atomic E-state index is 11.1. The Kier molecular flexibility index (Phi) is 3.75. The van der Waals surface area contributed by atoms with Gasteiger partial charge in [0, 0.05) is 25.2 Å². The molecular weight excluding hydrogens is 242 g/mol. The minimum atomic E-state index is -1.04. The standard InChI is InChI=1S/C14H15N3O2/c1-3-12-15-11(14(18)19)9-13(16-12)17(2)10-7-5-4-6-8-10/h4-9H,3H2,1-2H3,(H,18,19). The fourth-order valence-corrected chi connectivity index (χ4v) is 1.71. The van der Waals surface area contributed by atoms with Crippen LogP contribution in [0.15, 0.2) is 36.4 Å². The fourth-order valence-electron chi connectivity index (χ4n) is 1.71. The number of anilines is 2. The van der Waals surface area contributed by atoms with Crippen LogP contribution < -0.4 is 4.90 Å². The molecule has 1 N–H and O–H groups in total. The third-order valence-corrected chi connectivity index (χ3v) is 2.78. The molecule has 0 aliphatic carbocycles. The number of hydrogen-bond donors (Lipinski definition) is 1. The van der Waals surface area contributed by atoms with Crippen molar-refractivity contribution in [3.05, 3.63) is 47.9 Å². The number of carboxylic acids is 1. The Morgan fingerprint density at radius 2 is 1.95 bits per heavy atom. The summed E-state index contributed by atoms with van der Waals surface area (Å²) in [5.74, 6) is 0.0629. The topological polar surface area (TPSA) is 66.3 Å². The molecule has 0 spiro atoms. The molecule has 0 aliphatic heterocycles. The minimum absolute atomic E-state index is 0.0182. The van der Waals surface area contributed by atoms with Gasteiger partial charge in [-0.3, -0.25) is 0 Å². The van der Waals surface area contributed by atoms with E-state index < -0.39 is 5.97 Å². The molecule has 98 valence electrons. The van der Waals surface area contributed by atoms with E-state index in [1.165, 1.54) is 6.07 Å². The molecule has 0 bridgehead atoms. The third kappa shape index (κ3) is 2.88. The molecule has 0 amide bonds. The van der Waals surface area contributed by atoms with E-state index >= 15 is 0 Å². The molecule has 0 aliphatic rings. The van der Waals surface area contributed by atoms with Crippen LogP contribution >= 0.6 is 0 Å². The normalized spacial score (nSPS) is 10.2. The summed E-state index contributed by atoms with van der Waals surface area (Å²) in [5, 5.41) is 9.07. The minimum Gasteiger partial charge on any atom is -0.477 e. The number of carboxylic acid groups (broad SMARTS) is 1. The maximum absolute atomic E-state index is 11.1. The first-order valence-electron chi connectivity index (χ1n) is 6.02. The summed E-state index contributed by atoms with van der Waals surface area (Å²) >= 11 is 0. The van der Waals surface area contributed by atoms with Gasteiger partial charge < -0.3 is 10.0 Å². The van der Waals surface area contributed by atoms with Crippen molar-refractivity contribution in [2.45, 2.75) is 13.3 Å². The third-order valence-electron chi connectivity index (χ3n) is 2.78. The van der Waals surface area contributed by atoms with Gasteiger partial charge in [0.05, 0.1) is 0 Å². The lowest BCUT2D eigenvalue weighted by Gasteiger charge is -2.19. The lowest BCUT2D eigenvalue weighted by molar-refractivity contribution is 0.0690. The smallest absolute Gasteiger partial charge is 0.354 e. The number of aromatic nitrogens is 2. The van der Waals surface area contributed by atoms with E-state index in [1.54, 1.807) is 0 Å². The molecule has 1 aromatic carbocycles. The van der Waals surface area contributed by atoms with E-state index in [9.17, 15) is 4.79 Å². The second kappa shape index (κ2) is 5.48. The van der Waals surface area contributed by atoms with Crippen molar-refractivity contribution in [3.8, 4) is 0 Å². The predicted octanol–water partition coefficient (Wildman–Crippen LogP) is 2.51. The van der Waals surface area contributed by atoms with E-state index in [4.69, 9.17) is 5.11 Å². The second-order valence-electron chi connectivity index (χ2n) is 4.08. The van der Waals surface area contributed by atoms with Gasteiger partial charge in [0.1, 0.15) is 11.6 Å². The van der Waals surface area contributed by atoms with Crippen LogP contribution in [0.2, 0.25) is 0 Å². The Morgan fingerprint density at radius 3 is 2.53 bits per heavy atom. The molecular formula is C14H15N3O2. The number of benzene rings is 1. The van der Waals surface area contributed by atoms with Crippen molar-refractivity contribution in [3.63, 3.8) is 0 Å². The molecule has 2 aromatic rings. The molecule has 0 unspecified atom stereocenters. The number of aryl methyl sites for hydroxylation is 1. The largest absolute Gasteiger partial charge is 0.477 e. The molecule has 1 aromatic heterocycles. The highest BCUT2D eigenvalue weighted by molar-refractivity contribution is 5.86. The summed E-state index contributed by atoms with van der Waals surface area (Å²) in [6.07, 6.45) is 0.594. The fraction of sp³-hybridized carbons (Fsp3) is 0.214. The summed E-state index contributed by atoms with van der Waals surface area (Å²) in [5.41, 5.74) is 0.962. The SMILES string of the molecule is CCc1nc(C(=O)O)cc(N(C)c2ccccc2)n1. The monoisotopic (exact) mass is 257 g/mol. The van der Waals surface area contributed by atoms with Gasteiger partial charge in [-0.1, -0.05) is 25.1 Å². The van der Waals surface area contributed by atoms with Gasteiger partial charge in [-0.15, -0.1) is 0 Å². The zero-order valence-electron chi connectivity index (χ0n) is 10.9. The van der Waals surface area contributed by atoms with Gasteiger partial charge in [-0.25, -0.2) is 14.8 Å². The first-order chi connectivity index (χ1) is 9.11. The van der Waals surface area contributed by atoms with E-state index in [1.807, 2.05) is 49.2 Å². The Balaban J connectivity index is 2.44. The van der Waals surface area contributed by atoms with E-state index in [-0.39, 0.29) is 5.69 Å². The highest BCUT2D eigenvalue weighted by Crippen LogP contribution is 2.21. The van der Waals surface area contributed by atoms with E-state index in [0.29, 0.717) is 18.1 Å². The average molecular weight is 257 g/mol. The Morgan fingerprint density at radius 1 is 1.26 bits per heavy atom. The highest BCUT2D eigenvalue weighted by Gasteiger charge is 2.13. The van der Waals surface area contributed by atoms with Gasteiger partial charge in [0.25, 0.3) is 0 Å².